The van der Waals surface area contributed by atoms with Gasteiger partial charge in [-0.2, -0.15) is 4.68 Å². The fraction of sp³-hybridized carbons (Fsp3) is 0.312. The quantitative estimate of drug-likeness (QED) is 0.669. The number of carbonyl (C=O) groups excluding carboxylic acids is 1. The molecule has 0 saturated carbocycles. The summed E-state index contributed by atoms with van der Waals surface area (Å²) in [7, 11) is 0. The lowest BCUT2D eigenvalue weighted by atomic mass is 10.0. The number of carbonyl (C=O) groups is 2. The van der Waals surface area contributed by atoms with E-state index in [0.29, 0.717) is 31.5 Å². The highest BCUT2D eigenvalue weighted by Gasteiger charge is 2.27. The lowest BCUT2D eigenvalue weighted by Gasteiger charge is -2.31. The third kappa shape index (κ3) is 3.49. The van der Waals surface area contributed by atoms with Gasteiger partial charge < -0.3 is 20.1 Å². The Bertz CT molecular complexity index is 806. The summed E-state index contributed by atoms with van der Waals surface area (Å²) in [5.41, 5.74) is 0.578. The first-order valence-corrected chi connectivity index (χ1v) is 7.78. The zero-order chi connectivity index (χ0) is 18.0. The van der Waals surface area contributed by atoms with Gasteiger partial charge in [0.05, 0.1) is 29.0 Å². The van der Waals surface area contributed by atoms with Crippen molar-refractivity contribution in [2.45, 2.75) is 18.9 Å². The first kappa shape index (κ1) is 16.6. The van der Waals surface area contributed by atoms with Crippen molar-refractivity contribution >= 4 is 17.7 Å². The highest BCUT2D eigenvalue weighted by Crippen LogP contribution is 2.24. The minimum atomic E-state index is -1.03. The summed E-state index contributed by atoms with van der Waals surface area (Å²) < 4.78 is 1.58. The highest BCUT2D eigenvalue weighted by atomic mass is 16.6. The largest absolute Gasteiger partial charge is 0.478 e. The number of rotatable bonds is 4. The summed E-state index contributed by atoms with van der Waals surface area (Å²) in [4.78, 5) is 35.2. The van der Waals surface area contributed by atoms with Gasteiger partial charge in [0.15, 0.2) is 0 Å². The van der Waals surface area contributed by atoms with Gasteiger partial charge >= 0.3 is 11.8 Å². The van der Waals surface area contributed by atoms with Gasteiger partial charge in [-0.05, 0) is 42.0 Å². The van der Waals surface area contributed by atoms with Crippen LogP contribution < -0.4 is 0 Å². The molecule has 0 radical (unpaired) electrons. The van der Waals surface area contributed by atoms with E-state index >= 15 is 0 Å². The first-order chi connectivity index (χ1) is 12.0. The van der Waals surface area contributed by atoms with Crippen molar-refractivity contribution in [1.29, 1.82) is 0 Å². The van der Waals surface area contributed by atoms with Crippen LogP contribution in [0.3, 0.4) is 0 Å². The van der Waals surface area contributed by atoms with Crippen LogP contribution in [0.2, 0.25) is 0 Å². The Labute approximate surface area is 142 Å². The fourth-order valence-corrected chi connectivity index (χ4v) is 2.90. The summed E-state index contributed by atoms with van der Waals surface area (Å²) >= 11 is 0. The zero-order valence-corrected chi connectivity index (χ0v) is 13.2. The molecule has 9 nitrogen and oxygen atoms in total. The molecule has 1 aromatic heterocycles. The molecular weight excluding hydrogens is 328 g/mol. The molecule has 1 aliphatic heterocycles. The minimum absolute atomic E-state index is 0.0205. The maximum atomic E-state index is 12.5. The van der Waals surface area contributed by atoms with E-state index in [4.69, 9.17) is 5.11 Å². The maximum Gasteiger partial charge on any atom is 0.389 e. The standard InChI is InChI=1S/C16H16N4O5/c21-15(11-1-3-12(4-2-11)16(22)23)18-8-5-13(6-9-18)19-10-7-14(17-19)20(24)25/h1-4,7,10,13H,5-6,8-9H2,(H,22,23). The number of nitrogens with zero attached hydrogens (tertiary/aromatic N) is 4. The SMILES string of the molecule is O=C(O)c1ccc(C(=O)N2CCC(n3ccc([N+](=O)[O-])n3)CC2)cc1. The van der Waals surface area contributed by atoms with E-state index in [0.717, 1.165) is 0 Å². The van der Waals surface area contributed by atoms with Gasteiger partial charge in [-0.15, -0.1) is 0 Å². The molecule has 1 amide bonds. The van der Waals surface area contributed by atoms with Crippen LogP contribution in [0.4, 0.5) is 5.82 Å². The Balaban J connectivity index is 1.62. The monoisotopic (exact) mass is 344 g/mol. The molecule has 2 heterocycles. The lowest BCUT2D eigenvalue weighted by molar-refractivity contribution is -0.389. The molecule has 0 atom stereocenters. The average Bonchev–Trinajstić information content (AvgIpc) is 3.12. The van der Waals surface area contributed by atoms with Gasteiger partial charge in [0, 0.05) is 18.7 Å². The number of aromatic nitrogens is 2. The molecule has 3 rings (SSSR count). The number of amides is 1. The van der Waals surface area contributed by atoms with E-state index in [2.05, 4.69) is 5.10 Å². The van der Waals surface area contributed by atoms with Crippen LogP contribution in [-0.2, 0) is 0 Å². The van der Waals surface area contributed by atoms with Crippen molar-refractivity contribution in [3.05, 3.63) is 57.8 Å². The van der Waals surface area contributed by atoms with Crippen molar-refractivity contribution in [3.63, 3.8) is 0 Å². The Morgan fingerprint density at radius 3 is 2.24 bits per heavy atom. The highest BCUT2D eigenvalue weighted by molar-refractivity contribution is 5.95. The molecule has 130 valence electrons. The Morgan fingerprint density at radius 2 is 1.72 bits per heavy atom. The van der Waals surface area contributed by atoms with E-state index in [1.54, 1.807) is 15.8 Å². The van der Waals surface area contributed by atoms with Crippen molar-refractivity contribution in [2.24, 2.45) is 0 Å². The normalized spacial score (nSPS) is 15.1. The second kappa shape index (κ2) is 6.71. The molecule has 0 bridgehead atoms. The predicted molar refractivity (Wildman–Crippen MR) is 86.5 cm³/mol. The number of aromatic carboxylic acids is 1. The summed E-state index contributed by atoms with van der Waals surface area (Å²) in [5, 5.41) is 23.5. The molecule has 1 aliphatic rings. The van der Waals surface area contributed by atoms with E-state index in [1.807, 2.05) is 0 Å². The van der Waals surface area contributed by atoms with Crippen molar-refractivity contribution in [2.75, 3.05) is 13.1 Å². The van der Waals surface area contributed by atoms with Crippen molar-refractivity contribution < 1.29 is 19.6 Å². The Kier molecular flexibility index (Phi) is 4.46. The van der Waals surface area contributed by atoms with Crippen LogP contribution >= 0.6 is 0 Å². The predicted octanol–water partition coefficient (Wildman–Crippen LogP) is 1.97. The second-order valence-electron chi connectivity index (χ2n) is 5.82. The third-order valence-corrected chi connectivity index (χ3v) is 4.29. The molecule has 1 fully saturated rings. The Morgan fingerprint density at radius 1 is 1.12 bits per heavy atom. The van der Waals surface area contributed by atoms with Crippen LogP contribution in [0.5, 0.6) is 0 Å². The van der Waals surface area contributed by atoms with E-state index < -0.39 is 10.9 Å². The molecule has 1 aromatic carbocycles. The van der Waals surface area contributed by atoms with Gasteiger partial charge in [0.1, 0.15) is 0 Å². The number of piperidine rings is 1. The van der Waals surface area contributed by atoms with Gasteiger partial charge in [0.25, 0.3) is 5.91 Å². The second-order valence-corrected chi connectivity index (χ2v) is 5.82. The smallest absolute Gasteiger partial charge is 0.389 e. The number of carboxylic acid groups (broad SMARTS) is 1. The molecule has 25 heavy (non-hydrogen) atoms. The molecule has 0 spiro atoms. The van der Waals surface area contributed by atoms with E-state index in [-0.39, 0.29) is 23.3 Å². The van der Waals surface area contributed by atoms with Crippen molar-refractivity contribution in [1.82, 2.24) is 14.7 Å². The minimum Gasteiger partial charge on any atom is -0.478 e. The first-order valence-electron chi connectivity index (χ1n) is 7.78. The number of likely N-dealkylation sites (tertiary alicyclic amines) is 1. The number of hydrogen-bond acceptors (Lipinski definition) is 5. The summed E-state index contributed by atoms with van der Waals surface area (Å²) in [6, 6.07) is 7.22. The topological polar surface area (TPSA) is 119 Å². The van der Waals surface area contributed by atoms with E-state index in [1.165, 1.54) is 30.3 Å². The number of carboxylic acids is 1. The molecule has 1 saturated heterocycles. The van der Waals surface area contributed by atoms with Crippen LogP contribution in [0.1, 0.15) is 39.6 Å². The number of benzene rings is 1. The molecule has 2 aromatic rings. The molecular formula is C16H16N4O5. The fourth-order valence-electron chi connectivity index (χ4n) is 2.90. The molecule has 1 N–H and O–H groups in total. The summed E-state index contributed by atoms with van der Waals surface area (Å²) in [6.07, 6.45) is 2.89. The third-order valence-electron chi connectivity index (χ3n) is 4.29. The van der Waals surface area contributed by atoms with E-state index in [9.17, 15) is 19.7 Å². The van der Waals surface area contributed by atoms with Crippen LogP contribution in [-0.4, -0.2) is 49.7 Å². The summed E-state index contributed by atoms with van der Waals surface area (Å²) in [6.45, 7) is 1.02. The van der Waals surface area contributed by atoms with Gasteiger partial charge in [-0.25, -0.2) is 4.79 Å². The number of nitro groups is 1. The van der Waals surface area contributed by atoms with Gasteiger partial charge in [0.2, 0.25) is 0 Å². The van der Waals surface area contributed by atoms with Gasteiger partial charge in [-0.3, -0.25) is 4.79 Å². The molecule has 0 aliphatic carbocycles. The van der Waals surface area contributed by atoms with Crippen LogP contribution in [0.25, 0.3) is 0 Å². The van der Waals surface area contributed by atoms with Gasteiger partial charge in [-0.1, -0.05) is 0 Å². The van der Waals surface area contributed by atoms with Crippen LogP contribution in [0, 0.1) is 10.1 Å². The zero-order valence-electron chi connectivity index (χ0n) is 13.2. The lowest BCUT2D eigenvalue weighted by Crippen LogP contribution is -2.39. The maximum absolute atomic E-state index is 12.5. The molecule has 0 unspecified atom stereocenters. The van der Waals surface area contributed by atoms with Crippen molar-refractivity contribution in [3.8, 4) is 0 Å². The average molecular weight is 344 g/mol. The Hall–Kier alpha value is -3.23. The van der Waals surface area contributed by atoms with Crippen LogP contribution in [0.15, 0.2) is 36.5 Å². The molecule has 9 heteroatoms. The number of hydrogen-bond donors (Lipinski definition) is 1. The summed E-state index contributed by atoms with van der Waals surface area (Å²) in [5.74, 6) is -1.37.